The van der Waals surface area contributed by atoms with E-state index in [0.717, 1.165) is 44.8 Å². The predicted molar refractivity (Wildman–Crippen MR) is 63.2 cm³/mol. The third-order valence-corrected chi connectivity index (χ3v) is 3.50. The highest BCUT2D eigenvalue weighted by molar-refractivity contribution is 5.08. The van der Waals surface area contributed by atoms with Crippen molar-refractivity contribution in [3.05, 3.63) is 11.8 Å². The zero-order valence-electron chi connectivity index (χ0n) is 10.2. The van der Waals surface area contributed by atoms with Crippen molar-refractivity contribution in [2.45, 2.75) is 25.0 Å². The average molecular weight is 226 g/mol. The second kappa shape index (κ2) is 5.17. The van der Waals surface area contributed by atoms with Crippen LogP contribution in [-0.4, -0.2) is 67.4 Å². The van der Waals surface area contributed by atoms with Gasteiger partial charge in [0.25, 0.3) is 0 Å². The number of rotatable bonds is 2. The summed E-state index contributed by atoms with van der Waals surface area (Å²) in [5.74, 6) is 0.771. The van der Waals surface area contributed by atoms with Crippen molar-refractivity contribution < 1.29 is 9.84 Å². The quantitative estimate of drug-likeness (QED) is 0.734. The molecule has 1 fully saturated rings. The van der Waals surface area contributed by atoms with Crippen LogP contribution in [0.3, 0.4) is 0 Å². The molecule has 0 aromatic heterocycles. The van der Waals surface area contributed by atoms with Gasteiger partial charge in [0.2, 0.25) is 0 Å². The summed E-state index contributed by atoms with van der Waals surface area (Å²) in [5.41, 5.74) is 0. The van der Waals surface area contributed by atoms with Crippen molar-refractivity contribution in [2.24, 2.45) is 0 Å². The fraction of sp³-hybridized carbons (Fsp3) is 0.833. The smallest absolute Gasteiger partial charge is 0.127 e. The van der Waals surface area contributed by atoms with Crippen LogP contribution >= 0.6 is 0 Å². The van der Waals surface area contributed by atoms with Crippen molar-refractivity contribution in [1.82, 2.24) is 9.80 Å². The van der Waals surface area contributed by atoms with E-state index in [0.29, 0.717) is 0 Å². The summed E-state index contributed by atoms with van der Waals surface area (Å²) >= 11 is 0. The molecule has 0 spiro atoms. The Balaban J connectivity index is 2.04. The Morgan fingerprint density at radius 1 is 1.44 bits per heavy atom. The normalized spacial score (nSPS) is 30.7. The van der Waals surface area contributed by atoms with Gasteiger partial charge in [-0.2, -0.15) is 0 Å². The first kappa shape index (κ1) is 11.9. The van der Waals surface area contributed by atoms with Gasteiger partial charge in [0.1, 0.15) is 11.9 Å². The molecule has 0 bridgehead atoms. The molecular formula is C12H22N2O2. The zero-order chi connectivity index (χ0) is 11.5. The van der Waals surface area contributed by atoms with E-state index in [4.69, 9.17) is 4.74 Å². The van der Waals surface area contributed by atoms with Crippen molar-refractivity contribution in [3.63, 3.8) is 0 Å². The molecule has 4 heteroatoms. The lowest BCUT2D eigenvalue weighted by molar-refractivity contribution is 0.0404. The number of aliphatic hydroxyl groups is 1. The molecule has 0 radical (unpaired) electrons. The molecule has 1 saturated heterocycles. The van der Waals surface area contributed by atoms with Gasteiger partial charge in [-0.3, -0.25) is 4.90 Å². The minimum atomic E-state index is -0.479. The van der Waals surface area contributed by atoms with Gasteiger partial charge in [0, 0.05) is 13.0 Å². The molecule has 2 rings (SSSR count). The molecule has 2 aliphatic heterocycles. The van der Waals surface area contributed by atoms with Crippen LogP contribution in [0.1, 0.15) is 12.8 Å². The molecule has 16 heavy (non-hydrogen) atoms. The Morgan fingerprint density at radius 2 is 2.25 bits per heavy atom. The summed E-state index contributed by atoms with van der Waals surface area (Å²) in [7, 11) is 4.20. The molecule has 1 N–H and O–H groups in total. The molecule has 4 nitrogen and oxygen atoms in total. The maximum absolute atomic E-state index is 10.3. The first-order valence-corrected chi connectivity index (χ1v) is 6.08. The van der Waals surface area contributed by atoms with Crippen LogP contribution in [-0.2, 0) is 4.74 Å². The van der Waals surface area contributed by atoms with E-state index in [2.05, 4.69) is 23.9 Å². The molecule has 92 valence electrons. The van der Waals surface area contributed by atoms with Crippen molar-refractivity contribution in [1.29, 1.82) is 0 Å². The number of aliphatic hydroxyl groups excluding tert-OH is 1. The topological polar surface area (TPSA) is 35.9 Å². The molecule has 0 aliphatic carbocycles. The first-order valence-electron chi connectivity index (χ1n) is 6.08. The van der Waals surface area contributed by atoms with E-state index in [1.807, 2.05) is 6.08 Å². The minimum absolute atomic E-state index is 0.150. The molecule has 0 saturated carbocycles. The highest BCUT2D eigenvalue weighted by Gasteiger charge is 2.31. The summed E-state index contributed by atoms with van der Waals surface area (Å²) in [6.07, 6.45) is 3.63. The highest BCUT2D eigenvalue weighted by atomic mass is 16.5. The van der Waals surface area contributed by atoms with E-state index in [9.17, 15) is 5.11 Å². The van der Waals surface area contributed by atoms with Crippen LogP contribution < -0.4 is 0 Å². The number of hydrogen-bond acceptors (Lipinski definition) is 4. The minimum Gasteiger partial charge on any atom is -0.495 e. The lowest BCUT2D eigenvalue weighted by Gasteiger charge is -2.31. The van der Waals surface area contributed by atoms with Gasteiger partial charge < -0.3 is 14.7 Å². The largest absolute Gasteiger partial charge is 0.495 e. The lowest BCUT2D eigenvalue weighted by atomic mass is 10.1. The summed E-state index contributed by atoms with van der Waals surface area (Å²) in [6.45, 7) is 3.77. The predicted octanol–water partition coefficient (Wildman–Crippen LogP) is 0.287. The summed E-state index contributed by atoms with van der Waals surface area (Å²) in [4.78, 5) is 4.53. The second-order valence-corrected chi connectivity index (χ2v) is 4.85. The Morgan fingerprint density at radius 3 is 2.94 bits per heavy atom. The maximum Gasteiger partial charge on any atom is 0.127 e. The third-order valence-electron chi connectivity index (χ3n) is 3.50. The number of likely N-dealkylation sites (N-methyl/N-ethyl adjacent to an activating group) is 2. The molecular weight excluding hydrogens is 204 g/mol. The highest BCUT2D eigenvalue weighted by Crippen LogP contribution is 2.20. The van der Waals surface area contributed by atoms with Crippen LogP contribution in [0.4, 0.5) is 0 Å². The number of ether oxygens (including phenoxy) is 1. The Hall–Kier alpha value is -0.580. The van der Waals surface area contributed by atoms with Gasteiger partial charge >= 0.3 is 0 Å². The van der Waals surface area contributed by atoms with Gasteiger partial charge in [-0.05, 0) is 39.7 Å². The molecule has 2 aliphatic rings. The Kier molecular flexibility index (Phi) is 3.84. The van der Waals surface area contributed by atoms with E-state index in [-0.39, 0.29) is 6.04 Å². The van der Waals surface area contributed by atoms with Crippen LogP contribution in [0, 0.1) is 0 Å². The van der Waals surface area contributed by atoms with Gasteiger partial charge in [-0.1, -0.05) is 0 Å². The molecule has 0 aromatic carbocycles. The molecule has 2 atom stereocenters. The lowest BCUT2D eigenvalue weighted by Crippen LogP contribution is -2.47. The van der Waals surface area contributed by atoms with E-state index < -0.39 is 6.10 Å². The Labute approximate surface area is 97.5 Å². The maximum atomic E-state index is 10.3. The fourth-order valence-corrected chi connectivity index (χ4v) is 2.48. The van der Waals surface area contributed by atoms with Crippen molar-refractivity contribution in [3.8, 4) is 0 Å². The van der Waals surface area contributed by atoms with Crippen LogP contribution in [0.5, 0.6) is 0 Å². The standard InChI is InChI=1S/C12H22N2O2/c1-13-6-4-7-14(2)10(9-13)12(15)11-5-3-8-16-11/h5,10,12,15H,3-4,6-9H2,1-2H3. The van der Waals surface area contributed by atoms with E-state index in [1.54, 1.807) is 0 Å². The molecule has 2 heterocycles. The summed E-state index contributed by atoms with van der Waals surface area (Å²) in [6, 6.07) is 0.150. The summed E-state index contributed by atoms with van der Waals surface area (Å²) in [5, 5.41) is 10.3. The number of hydrogen-bond donors (Lipinski definition) is 1. The zero-order valence-corrected chi connectivity index (χ0v) is 10.2. The molecule has 0 amide bonds. The molecule has 0 aromatic rings. The number of nitrogens with zero attached hydrogens (tertiary/aromatic N) is 2. The fourth-order valence-electron chi connectivity index (χ4n) is 2.48. The summed E-state index contributed by atoms with van der Waals surface area (Å²) < 4.78 is 5.46. The SMILES string of the molecule is CN1CCCN(C)C(C(O)C2=CCCO2)C1. The van der Waals surface area contributed by atoms with Crippen molar-refractivity contribution in [2.75, 3.05) is 40.3 Å². The Bertz CT molecular complexity index is 268. The monoisotopic (exact) mass is 226 g/mol. The second-order valence-electron chi connectivity index (χ2n) is 4.85. The molecule has 2 unspecified atom stereocenters. The van der Waals surface area contributed by atoms with Crippen LogP contribution in [0.2, 0.25) is 0 Å². The van der Waals surface area contributed by atoms with Crippen LogP contribution in [0.25, 0.3) is 0 Å². The van der Waals surface area contributed by atoms with Gasteiger partial charge in [-0.15, -0.1) is 0 Å². The van der Waals surface area contributed by atoms with Crippen molar-refractivity contribution >= 4 is 0 Å². The first-order chi connectivity index (χ1) is 7.68. The van der Waals surface area contributed by atoms with Gasteiger partial charge in [0.15, 0.2) is 0 Å². The van der Waals surface area contributed by atoms with Crippen LogP contribution in [0.15, 0.2) is 11.8 Å². The van der Waals surface area contributed by atoms with E-state index >= 15 is 0 Å². The van der Waals surface area contributed by atoms with Gasteiger partial charge in [0.05, 0.1) is 12.6 Å². The van der Waals surface area contributed by atoms with E-state index in [1.165, 1.54) is 0 Å². The van der Waals surface area contributed by atoms with Gasteiger partial charge in [-0.25, -0.2) is 0 Å². The average Bonchev–Trinajstić information content (AvgIpc) is 2.72. The third kappa shape index (κ3) is 2.56.